The highest BCUT2D eigenvalue weighted by atomic mass is 35.5. The molecule has 0 fully saturated rings. The zero-order valence-electron chi connectivity index (χ0n) is 5.17. The van der Waals surface area contributed by atoms with Crippen molar-refractivity contribution in [2.75, 3.05) is 0 Å². The first-order valence-electron chi connectivity index (χ1n) is 2.56. The van der Waals surface area contributed by atoms with E-state index in [0.717, 1.165) is 5.69 Å². The lowest BCUT2D eigenvalue weighted by atomic mass is 10.4. The van der Waals surface area contributed by atoms with Crippen LogP contribution in [0.3, 0.4) is 0 Å². The smallest absolute Gasteiger partial charge is 0.0647 e. The molecule has 0 atom stereocenters. The molecule has 0 aliphatic heterocycles. The van der Waals surface area contributed by atoms with Gasteiger partial charge in [0.15, 0.2) is 0 Å². The molecule has 4 heteroatoms. The van der Waals surface area contributed by atoms with Crippen LogP contribution in [0.2, 0.25) is 0 Å². The van der Waals surface area contributed by atoms with Gasteiger partial charge >= 0.3 is 0 Å². The van der Waals surface area contributed by atoms with Gasteiger partial charge < -0.3 is 0 Å². The Morgan fingerprint density at radius 1 is 1.40 bits per heavy atom. The van der Waals surface area contributed by atoms with Crippen molar-refractivity contribution in [3.8, 4) is 0 Å². The third kappa shape index (κ3) is 3.67. The van der Waals surface area contributed by atoms with Crippen LogP contribution in [-0.4, -0.2) is 9.64 Å². The summed E-state index contributed by atoms with van der Waals surface area (Å²) < 4.78 is 6.47. The Morgan fingerprint density at radius 3 is 2.40 bits per heavy atom. The van der Waals surface area contributed by atoms with Crippen molar-refractivity contribution < 1.29 is 4.66 Å². The molecule has 0 bridgehead atoms. The summed E-state index contributed by atoms with van der Waals surface area (Å²) in [5.74, 6) is 0.501. The van der Waals surface area contributed by atoms with E-state index in [1.807, 2.05) is 18.2 Å². The van der Waals surface area contributed by atoms with Crippen molar-refractivity contribution in [1.29, 1.82) is 0 Å². The number of aromatic nitrogens is 1. The molecule has 0 saturated heterocycles. The van der Waals surface area contributed by atoms with E-state index in [9.17, 15) is 0 Å². The van der Waals surface area contributed by atoms with E-state index in [-0.39, 0.29) is 0 Å². The van der Waals surface area contributed by atoms with Gasteiger partial charge in [-0.2, -0.15) is 0 Å². The van der Waals surface area contributed by atoms with Crippen molar-refractivity contribution in [2.45, 2.75) is 5.88 Å². The van der Waals surface area contributed by atoms with E-state index in [4.69, 9.17) is 16.3 Å². The van der Waals surface area contributed by atoms with E-state index >= 15 is 0 Å². The van der Waals surface area contributed by atoms with Gasteiger partial charge in [-0.1, -0.05) is 6.07 Å². The number of rotatable bonds is 1. The van der Waals surface area contributed by atoms with Crippen LogP contribution in [-0.2, 0) is 5.88 Å². The van der Waals surface area contributed by atoms with Crippen LogP contribution in [0.25, 0.3) is 0 Å². The number of hydrogen-bond donors (Lipinski definition) is 1. The fourth-order valence-corrected chi connectivity index (χ4v) is 0.635. The molecule has 2 nitrogen and oxygen atoms in total. The fourth-order valence-electron chi connectivity index (χ4n) is 0.477. The quantitative estimate of drug-likeness (QED) is 0.670. The van der Waals surface area contributed by atoms with E-state index in [0.29, 0.717) is 5.88 Å². The summed E-state index contributed by atoms with van der Waals surface area (Å²) in [5, 5.41) is 0. The minimum absolute atomic E-state index is 0.501. The van der Waals surface area contributed by atoms with Crippen LogP contribution >= 0.6 is 23.5 Å². The average molecular weight is 180 g/mol. The lowest BCUT2D eigenvalue weighted by Gasteiger charge is -1.87. The van der Waals surface area contributed by atoms with Gasteiger partial charge in [0, 0.05) is 6.20 Å². The highest BCUT2D eigenvalue weighted by Gasteiger charge is 1.83. The summed E-state index contributed by atoms with van der Waals surface area (Å²) in [4.78, 5) is 3.97. The number of halogens is 2. The maximum atomic E-state index is 6.47. The normalized spacial score (nSPS) is 7.90. The predicted molar refractivity (Wildman–Crippen MR) is 41.9 cm³/mol. The molecule has 0 radical (unpaired) electrons. The molecule has 0 spiro atoms. The Labute approximate surface area is 69.6 Å². The molecule has 1 N–H and O–H groups in total. The molecule has 1 rings (SSSR count). The highest BCUT2D eigenvalue weighted by molar-refractivity contribution is 6.16. The summed E-state index contributed by atoms with van der Waals surface area (Å²) in [5.41, 5.74) is 0.925. The second-order valence-electron chi connectivity index (χ2n) is 1.45. The van der Waals surface area contributed by atoms with Gasteiger partial charge in [-0.25, -0.2) is 0 Å². The topological polar surface area (TPSA) is 33.1 Å². The maximum Gasteiger partial charge on any atom is 0.0647 e. The zero-order chi connectivity index (χ0) is 7.82. The lowest BCUT2D eigenvalue weighted by Crippen LogP contribution is -1.79. The highest BCUT2D eigenvalue weighted by Crippen LogP contribution is 1.95. The number of nitrogens with zero attached hydrogens (tertiary/aromatic N) is 1. The van der Waals surface area contributed by atoms with E-state index in [2.05, 4.69) is 16.9 Å². The monoisotopic (exact) mass is 179 g/mol. The molecule has 10 heavy (non-hydrogen) atoms. The summed E-state index contributed by atoms with van der Waals surface area (Å²) in [6, 6.07) is 5.69. The largest absolute Gasteiger partial charge is 0.295 e. The second-order valence-corrected chi connectivity index (χ2v) is 1.72. The van der Waals surface area contributed by atoms with Crippen molar-refractivity contribution >= 4 is 23.5 Å². The number of hydrogen-bond acceptors (Lipinski definition) is 2. The number of pyridine rings is 1. The molecule has 1 heterocycles. The van der Waals surface area contributed by atoms with Crippen LogP contribution < -0.4 is 0 Å². The van der Waals surface area contributed by atoms with Crippen LogP contribution in [0.15, 0.2) is 24.4 Å². The summed E-state index contributed by atoms with van der Waals surface area (Å²) in [6.45, 7) is 0. The molecule has 0 unspecified atom stereocenters. The number of alkyl halides is 1. The van der Waals surface area contributed by atoms with Gasteiger partial charge in [0.1, 0.15) is 0 Å². The molecule has 0 aliphatic carbocycles. The first-order chi connectivity index (χ1) is 4.93. The van der Waals surface area contributed by atoms with E-state index in [1.165, 1.54) is 0 Å². The minimum atomic E-state index is 0.501. The van der Waals surface area contributed by atoms with Gasteiger partial charge in [-0.05, 0) is 12.1 Å². The summed E-state index contributed by atoms with van der Waals surface area (Å²) in [6.07, 6.45) is 1.73. The van der Waals surface area contributed by atoms with Gasteiger partial charge in [-0.15, -0.1) is 11.6 Å². The first-order valence-corrected chi connectivity index (χ1v) is 3.43. The molecule has 0 saturated carbocycles. The van der Waals surface area contributed by atoms with Crippen molar-refractivity contribution in [1.82, 2.24) is 4.98 Å². The van der Waals surface area contributed by atoms with Crippen molar-refractivity contribution in [3.63, 3.8) is 0 Å². The Balaban J connectivity index is 0.000000371. The molecular formula is C6H7Cl2NO. The average Bonchev–Trinajstić information content (AvgIpc) is 2.10. The van der Waals surface area contributed by atoms with E-state index < -0.39 is 0 Å². The van der Waals surface area contributed by atoms with Crippen LogP contribution in [0.5, 0.6) is 0 Å². The van der Waals surface area contributed by atoms with E-state index in [1.54, 1.807) is 6.20 Å². The van der Waals surface area contributed by atoms with Crippen molar-refractivity contribution in [3.05, 3.63) is 30.1 Å². The Hall–Kier alpha value is -0.310. The molecule has 0 amide bonds. The van der Waals surface area contributed by atoms with Gasteiger partial charge in [0.2, 0.25) is 0 Å². The van der Waals surface area contributed by atoms with Gasteiger partial charge in [0.25, 0.3) is 0 Å². The van der Waals surface area contributed by atoms with Crippen molar-refractivity contribution in [2.24, 2.45) is 0 Å². The van der Waals surface area contributed by atoms with Crippen LogP contribution in [0.4, 0.5) is 0 Å². The molecule has 0 aromatic carbocycles. The van der Waals surface area contributed by atoms with Crippen LogP contribution in [0.1, 0.15) is 5.69 Å². The van der Waals surface area contributed by atoms with Gasteiger partial charge in [-0.3, -0.25) is 9.64 Å². The molecule has 0 aliphatic rings. The maximum absolute atomic E-state index is 6.47. The second kappa shape index (κ2) is 6.81. The molecule has 1 aromatic heterocycles. The third-order valence-electron chi connectivity index (χ3n) is 0.863. The first kappa shape index (κ1) is 9.69. The Bertz CT molecular complexity index is 157. The standard InChI is InChI=1S/C6H6ClN.ClHO/c7-5-6-3-1-2-4-8-6;1-2/h1-4H,5H2;2H. The fraction of sp³-hybridized carbons (Fsp3) is 0.167. The summed E-state index contributed by atoms with van der Waals surface area (Å²) >= 11 is 9.10. The predicted octanol–water partition coefficient (Wildman–Crippen LogP) is 1.95. The molecule has 1 aromatic rings. The lowest BCUT2D eigenvalue weighted by molar-refractivity contribution is 0.632. The SMILES string of the molecule is ClCc1ccccn1.OCl. The zero-order valence-corrected chi connectivity index (χ0v) is 6.68. The third-order valence-corrected chi connectivity index (χ3v) is 1.14. The van der Waals surface area contributed by atoms with Gasteiger partial charge in [0.05, 0.1) is 23.4 Å². The molecule has 56 valence electrons. The Kier molecular flexibility index (Phi) is 6.59. The minimum Gasteiger partial charge on any atom is -0.295 e. The van der Waals surface area contributed by atoms with Crippen LogP contribution in [0, 0.1) is 0 Å². The molecular weight excluding hydrogens is 173 g/mol. The Morgan fingerprint density at radius 2 is 2.10 bits per heavy atom. The summed E-state index contributed by atoms with van der Waals surface area (Å²) in [7, 11) is 0.